The second kappa shape index (κ2) is 5.56. The van der Waals surface area contributed by atoms with E-state index in [-0.39, 0.29) is 12.8 Å². The molecule has 0 saturated carbocycles. The molecule has 0 aliphatic rings. The van der Waals surface area contributed by atoms with Crippen LogP contribution in [0.2, 0.25) is 0 Å². The standard InChI is InChI=1S/C9H14F2N2/c1-4-7-13-8(12-3)5-6-9(2,10)11/h4,7H,1,5-6H2,2-3H3/b12-8-,13-7-. The van der Waals surface area contributed by atoms with Crippen molar-refractivity contribution in [1.82, 2.24) is 0 Å². The van der Waals surface area contributed by atoms with Crippen LogP contribution in [0.15, 0.2) is 22.6 Å². The Labute approximate surface area is 77.1 Å². The number of amidine groups is 1. The summed E-state index contributed by atoms with van der Waals surface area (Å²) in [5.74, 6) is -2.24. The number of hydrogen-bond acceptors (Lipinski definition) is 1. The van der Waals surface area contributed by atoms with Crippen LogP contribution in [-0.2, 0) is 0 Å². The number of hydrogen-bond donors (Lipinski definition) is 0. The van der Waals surface area contributed by atoms with Crippen LogP contribution >= 0.6 is 0 Å². The normalized spacial score (nSPS) is 13.7. The number of alkyl halides is 2. The van der Waals surface area contributed by atoms with Crippen molar-refractivity contribution >= 4 is 12.1 Å². The molecule has 0 heterocycles. The molecule has 2 nitrogen and oxygen atoms in total. The molecule has 0 amide bonds. The topological polar surface area (TPSA) is 24.7 Å². The third-order valence-corrected chi connectivity index (χ3v) is 1.37. The van der Waals surface area contributed by atoms with Gasteiger partial charge in [0, 0.05) is 26.1 Å². The minimum Gasteiger partial charge on any atom is -0.274 e. The summed E-state index contributed by atoms with van der Waals surface area (Å²) in [5, 5.41) is 0. The minimum atomic E-state index is -2.65. The van der Waals surface area contributed by atoms with E-state index < -0.39 is 5.92 Å². The van der Waals surface area contributed by atoms with Crippen LogP contribution in [0.5, 0.6) is 0 Å². The van der Waals surface area contributed by atoms with E-state index in [1.165, 1.54) is 19.3 Å². The molecule has 0 rings (SSSR count). The van der Waals surface area contributed by atoms with Gasteiger partial charge in [-0.3, -0.25) is 4.99 Å². The van der Waals surface area contributed by atoms with E-state index in [0.717, 1.165) is 6.92 Å². The molecule has 0 unspecified atom stereocenters. The second-order valence-corrected chi connectivity index (χ2v) is 2.72. The summed E-state index contributed by atoms with van der Waals surface area (Å²) in [6.45, 7) is 4.31. The Hall–Kier alpha value is -1.06. The zero-order chi connectivity index (χ0) is 10.3. The first-order chi connectivity index (χ1) is 5.99. The first-order valence-electron chi connectivity index (χ1n) is 3.98. The average Bonchev–Trinajstić information content (AvgIpc) is 2.03. The minimum absolute atomic E-state index is 0.185. The first kappa shape index (κ1) is 11.9. The smallest absolute Gasteiger partial charge is 0.245 e. The van der Waals surface area contributed by atoms with Gasteiger partial charge in [-0.15, -0.1) is 0 Å². The van der Waals surface area contributed by atoms with Crippen LogP contribution in [0.25, 0.3) is 0 Å². The van der Waals surface area contributed by atoms with Gasteiger partial charge in [0.25, 0.3) is 0 Å². The highest BCUT2D eigenvalue weighted by Crippen LogP contribution is 2.18. The van der Waals surface area contributed by atoms with E-state index in [1.54, 1.807) is 0 Å². The summed E-state index contributed by atoms with van der Waals surface area (Å²) >= 11 is 0. The molecule has 0 N–H and O–H groups in total. The molecular weight excluding hydrogens is 174 g/mol. The fourth-order valence-corrected chi connectivity index (χ4v) is 0.704. The van der Waals surface area contributed by atoms with Gasteiger partial charge in [0.05, 0.1) is 0 Å². The van der Waals surface area contributed by atoms with E-state index in [2.05, 4.69) is 16.6 Å². The third kappa shape index (κ3) is 7.31. The monoisotopic (exact) mass is 188 g/mol. The number of aliphatic imine (C=N–C) groups is 2. The molecular formula is C9H14F2N2. The van der Waals surface area contributed by atoms with Crippen molar-refractivity contribution in [3.63, 3.8) is 0 Å². The van der Waals surface area contributed by atoms with Crippen molar-refractivity contribution in [3.8, 4) is 0 Å². The van der Waals surface area contributed by atoms with E-state index in [9.17, 15) is 8.78 Å². The Morgan fingerprint density at radius 2 is 2.15 bits per heavy atom. The molecule has 0 bridgehead atoms. The molecule has 0 aliphatic heterocycles. The highest BCUT2D eigenvalue weighted by molar-refractivity contribution is 5.92. The van der Waals surface area contributed by atoms with E-state index >= 15 is 0 Å². The Bertz CT molecular complexity index is 214. The van der Waals surface area contributed by atoms with Crippen LogP contribution in [0.1, 0.15) is 19.8 Å². The van der Waals surface area contributed by atoms with Gasteiger partial charge in [-0.05, 0) is 6.92 Å². The molecule has 74 valence electrons. The highest BCUT2D eigenvalue weighted by Gasteiger charge is 2.20. The van der Waals surface area contributed by atoms with Gasteiger partial charge in [0.1, 0.15) is 5.84 Å². The SMILES string of the molecule is C=C/C=N\C(CCC(C)(F)F)=N/C. The fourth-order valence-electron chi connectivity index (χ4n) is 0.704. The average molecular weight is 188 g/mol. The van der Waals surface area contributed by atoms with Crippen LogP contribution in [0.3, 0.4) is 0 Å². The summed E-state index contributed by atoms with van der Waals surface area (Å²) in [6, 6.07) is 0. The Balaban J connectivity index is 4.02. The predicted octanol–water partition coefficient (Wildman–Crippen LogP) is 2.71. The predicted molar refractivity (Wildman–Crippen MR) is 51.9 cm³/mol. The third-order valence-electron chi connectivity index (χ3n) is 1.37. The molecule has 0 aromatic rings. The molecule has 0 atom stereocenters. The van der Waals surface area contributed by atoms with Gasteiger partial charge in [0.2, 0.25) is 5.92 Å². The first-order valence-corrected chi connectivity index (χ1v) is 3.98. The van der Waals surface area contributed by atoms with Gasteiger partial charge >= 0.3 is 0 Å². The lowest BCUT2D eigenvalue weighted by molar-refractivity contribution is 0.0150. The summed E-state index contributed by atoms with van der Waals surface area (Å²) in [4.78, 5) is 7.60. The molecule has 0 aliphatic carbocycles. The summed E-state index contributed by atoms with van der Waals surface area (Å²) in [6.07, 6.45) is 2.88. The van der Waals surface area contributed by atoms with Crippen LogP contribution < -0.4 is 0 Å². The Morgan fingerprint density at radius 3 is 2.54 bits per heavy atom. The van der Waals surface area contributed by atoms with Crippen LogP contribution in [0, 0.1) is 0 Å². The molecule has 0 aromatic carbocycles. The molecule has 0 aromatic heterocycles. The van der Waals surface area contributed by atoms with E-state index in [4.69, 9.17) is 0 Å². The fraction of sp³-hybridized carbons (Fsp3) is 0.556. The number of nitrogens with zero attached hydrogens (tertiary/aromatic N) is 2. The Kier molecular flexibility index (Phi) is 5.11. The van der Waals surface area contributed by atoms with Gasteiger partial charge < -0.3 is 0 Å². The number of rotatable bonds is 4. The summed E-state index contributed by atoms with van der Waals surface area (Å²) in [7, 11) is 1.53. The molecule has 0 saturated heterocycles. The second-order valence-electron chi connectivity index (χ2n) is 2.72. The quantitative estimate of drug-likeness (QED) is 0.478. The maximum atomic E-state index is 12.4. The maximum absolute atomic E-state index is 12.4. The lowest BCUT2D eigenvalue weighted by Gasteiger charge is -2.08. The summed E-state index contributed by atoms with van der Waals surface area (Å²) < 4.78 is 24.8. The number of allylic oxidation sites excluding steroid dienone is 1. The zero-order valence-electron chi connectivity index (χ0n) is 7.93. The van der Waals surface area contributed by atoms with Crippen molar-refractivity contribution in [2.75, 3.05) is 7.05 Å². The van der Waals surface area contributed by atoms with Crippen LogP contribution in [-0.4, -0.2) is 25.0 Å². The van der Waals surface area contributed by atoms with Gasteiger partial charge in [-0.2, -0.15) is 0 Å². The zero-order valence-corrected chi connectivity index (χ0v) is 7.93. The van der Waals surface area contributed by atoms with Crippen molar-refractivity contribution in [1.29, 1.82) is 0 Å². The highest BCUT2D eigenvalue weighted by atomic mass is 19.3. The summed E-state index contributed by atoms with van der Waals surface area (Å²) in [5.41, 5.74) is 0. The molecule has 13 heavy (non-hydrogen) atoms. The van der Waals surface area contributed by atoms with Crippen molar-refractivity contribution in [2.45, 2.75) is 25.7 Å². The lowest BCUT2D eigenvalue weighted by atomic mass is 10.2. The van der Waals surface area contributed by atoms with Crippen molar-refractivity contribution < 1.29 is 8.78 Å². The number of halogens is 2. The Morgan fingerprint density at radius 1 is 1.54 bits per heavy atom. The van der Waals surface area contributed by atoms with Gasteiger partial charge in [-0.1, -0.05) is 12.7 Å². The molecule has 0 radical (unpaired) electrons. The lowest BCUT2D eigenvalue weighted by Crippen LogP contribution is -2.11. The largest absolute Gasteiger partial charge is 0.274 e. The van der Waals surface area contributed by atoms with Crippen molar-refractivity contribution in [3.05, 3.63) is 12.7 Å². The van der Waals surface area contributed by atoms with Gasteiger partial charge in [0.15, 0.2) is 0 Å². The van der Waals surface area contributed by atoms with E-state index in [1.807, 2.05) is 0 Å². The van der Waals surface area contributed by atoms with Crippen molar-refractivity contribution in [2.24, 2.45) is 9.98 Å². The molecule has 0 fully saturated rings. The molecule has 4 heteroatoms. The van der Waals surface area contributed by atoms with Crippen LogP contribution in [0.4, 0.5) is 8.78 Å². The maximum Gasteiger partial charge on any atom is 0.245 e. The van der Waals surface area contributed by atoms with E-state index in [0.29, 0.717) is 5.84 Å². The van der Waals surface area contributed by atoms with Gasteiger partial charge in [-0.25, -0.2) is 13.8 Å². The molecule has 0 spiro atoms.